The van der Waals surface area contributed by atoms with Crippen molar-refractivity contribution in [1.29, 1.82) is 0 Å². The molecule has 0 bridgehead atoms. The van der Waals surface area contributed by atoms with Crippen molar-refractivity contribution in [2.24, 2.45) is 10.9 Å². The Morgan fingerprint density at radius 3 is 2.63 bits per heavy atom. The summed E-state index contributed by atoms with van der Waals surface area (Å²) in [6, 6.07) is 5.71. The van der Waals surface area contributed by atoms with Crippen LogP contribution in [0.15, 0.2) is 27.8 Å². The first-order chi connectivity index (χ1) is 9.01. The average Bonchev–Trinajstić information content (AvgIpc) is 2.36. The SMILES string of the molecule is C[C@@H]1CN(c2cc(Br)ccc2/C(N)=N/O)C[C@H](C)O1. The molecule has 1 aromatic rings. The van der Waals surface area contributed by atoms with E-state index in [9.17, 15) is 0 Å². The molecule has 104 valence electrons. The van der Waals surface area contributed by atoms with Gasteiger partial charge in [0.15, 0.2) is 5.84 Å². The molecule has 0 amide bonds. The van der Waals surface area contributed by atoms with Gasteiger partial charge in [0.2, 0.25) is 0 Å². The molecule has 1 aromatic carbocycles. The van der Waals surface area contributed by atoms with Crippen LogP contribution in [-0.4, -0.2) is 36.3 Å². The number of amidine groups is 1. The molecule has 19 heavy (non-hydrogen) atoms. The Balaban J connectivity index is 2.39. The number of nitrogens with two attached hydrogens (primary N) is 1. The topological polar surface area (TPSA) is 71.1 Å². The lowest BCUT2D eigenvalue weighted by Crippen LogP contribution is -2.46. The number of oxime groups is 1. The number of benzene rings is 1. The number of hydrogen-bond donors (Lipinski definition) is 2. The van der Waals surface area contributed by atoms with Crippen molar-refractivity contribution in [1.82, 2.24) is 0 Å². The molecule has 1 heterocycles. The molecular weight excluding hydrogens is 310 g/mol. The van der Waals surface area contributed by atoms with Crippen LogP contribution in [0, 0.1) is 0 Å². The second-order valence-electron chi connectivity index (χ2n) is 4.81. The van der Waals surface area contributed by atoms with E-state index in [0.29, 0.717) is 0 Å². The molecule has 1 aliphatic rings. The maximum absolute atomic E-state index is 8.89. The summed E-state index contributed by atoms with van der Waals surface area (Å²) in [6.45, 7) is 5.66. The first-order valence-corrected chi connectivity index (χ1v) is 6.98. The molecular formula is C13H18BrN3O2. The van der Waals surface area contributed by atoms with Gasteiger partial charge in [-0.05, 0) is 32.0 Å². The van der Waals surface area contributed by atoms with Gasteiger partial charge in [-0.15, -0.1) is 0 Å². The van der Waals surface area contributed by atoms with Gasteiger partial charge in [-0.2, -0.15) is 0 Å². The van der Waals surface area contributed by atoms with Crippen molar-refractivity contribution in [2.75, 3.05) is 18.0 Å². The standard InChI is InChI=1S/C13H18BrN3O2/c1-8-6-17(7-9(2)19-8)12-5-10(14)3-4-11(12)13(15)16-18/h3-5,8-9,18H,6-7H2,1-2H3,(H2,15,16)/t8-,9+. The van der Waals surface area contributed by atoms with Crippen LogP contribution in [0.5, 0.6) is 0 Å². The number of rotatable bonds is 2. The molecule has 0 saturated carbocycles. The van der Waals surface area contributed by atoms with E-state index in [-0.39, 0.29) is 18.0 Å². The first kappa shape index (κ1) is 14.1. The lowest BCUT2D eigenvalue weighted by Gasteiger charge is -2.37. The Bertz CT molecular complexity index is 483. The molecule has 5 nitrogen and oxygen atoms in total. The molecule has 0 spiro atoms. The minimum atomic E-state index is 0.120. The molecule has 2 atom stereocenters. The van der Waals surface area contributed by atoms with Crippen LogP contribution in [0.1, 0.15) is 19.4 Å². The third-order valence-electron chi connectivity index (χ3n) is 3.10. The third-order valence-corrected chi connectivity index (χ3v) is 3.60. The highest BCUT2D eigenvalue weighted by Crippen LogP contribution is 2.28. The van der Waals surface area contributed by atoms with Crippen LogP contribution in [0.25, 0.3) is 0 Å². The zero-order valence-corrected chi connectivity index (χ0v) is 12.6. The Kier molecular flexibility index (Phi) is 4.31. The Morgan fingerprint density at radius 1 is 1.42 bits per heavy atom. The molecule has 2 rings (SSSR count). The van der Waals surface area contributed by atoms with Crippen LogP contribution >= 0.6 is 15.9 Å². The van der Waals surface area contributed by atoms with Gasteiger partial charge in [-0.25, -0.2) is 0 Å². The van der Waals surface area contributed by atoms with E-state index in [1.807, 2.05) is 32.0 Å². The highest BCUT2D eigenvalue weighted by molar-refractivity contribution is 9.10. The largest absolute Gasteiger partial charge is 0.409 e. The van der Waals surface area contributed by atoms with Gasteiger partial charge >= 0.3 is 0 Å². The molecule has 6 heteroatoms. The van der Waals surface area contributed by atoms with Crippen molar-refractivity contribution in [3.05, 3.63) is 28.2 Å². The van der Waals surface area contributed by atoms with Crippen LogP contribution in [-0.2, 0) is 4.74 Å². The smallest absolute Gasteiger partial charge is 0.172 e. The van der Waals surface area contributed by atoms with Crippen LogP contribution in [0.3, 0.4) is 0 Å². The minimum Gasteiger partial charge on any atom is -0.409 e. The van der Waals surface area contributed by atoms with Gasteiger partial charge in [0.25, 0.3) is 0 Å². The summed E-state index contributed by atoms with van der Waals surface area (Å²) in [5, 5.41) is 12.0. The number of hydrogen-bond acceptors (Lipinski definition) is 4. The van der Waals surface area contributed by atoms with E-state index in [1.54, 1.807) is 0 Å². The van der Waals surface area contributed by atoms with Crippen molar-refractivity contribution >= 4 is 27.5 Å². The molecule has 1 aliphatic heterocycles. The fourth-order valence-electron chi connectivity index (χ4n) is 2.41. The predicted octanol–water partition coefficient (Wildman–Crippen LogP) is 2.16. The molecule has 1 fully saturated rings. The molecule has 0 aromatic heterocycles. The maximum Gasteiger partial charge on any atom is 0.172 e. The molecule has 0 radical (unpaired) electrons. The monoisotopic (exact) mass is 327 g/mol. The number of ether oxygens (including phenoxy) is 1. The van der Waals surface area contributed by atoms with E-state index in [2.05, 4.69) is 26.0 Å². The lowest BCUT2D eigenvalue weighted by atomic mass is 10.1. The second-order valence-corrected chi connectivity index (χ2v) is 5.72. The van der Waals surface area contributed by atoms with E-state index in [1.165, 1.54) is 0 Å². The van der Waals surface area contributed by atoms with E-state index < -0.39 is 0 Å². The summed E-state index contributed by atoms with van der Waals surface area (Å²) in [5.41, 5.74) is 7.43. The van der Waals surface area contributed by atoms with Gasteiger partial charge in [0, 0.05) is 28.8 Å². The zero-order chi connectivity index (χ0) is 14.0. The first-order valence-electron chi connectivity index (χ1n) is 6.19. The summed E-state index contributed by atoms with van der Waals surface area (Å²) in [6.07, 6.45) is 0.311. The second kappa shape index (κ2) is 5.79. The van der Waals surface area contributed by atoms with Gasteiger partial charge in [0.1, 0.15) is 0 Å². The fraction of sp³-hybridized carbons (Fsp3) is 0.462. The van der Waals surface area contributed by atoms with Crippen molar-refractivity contribution < 1.29 is 9.94 Å². The van der Waals surface area contributed by atoms with E-state index >= 15 is 0 Å². The number of nitrogens with zero attached hydrogens (tertiary/aromatic N) is 2. The fourth-order valence-corrected chi connectivity index (χ4v) is 2.76. The normalized spacial score (nSPS) is 24.6. The highest BCUT2D eigenvalue weighted by Gasteiger charge is 2.24. The van der Waals surface area contributed by atoms with E-state index in [0.717, 1.165) is 28.8 Å². The minimum absolute atomic E-state index is 0.120. The quantitative estimate of drug-likeness (QED) is 0.378. The zero-order valence-electron chi connectivity index (χ0n) is 11.0. The van der Waals surface area contributed by atoms with Gasteiger partial charge in [-0.1, -0.05) is 21.1 Å². The van der Waals surface area contributed by atoms with Gasteiger partial charge in [-0.3, -0.25) is 0 Å². The summed E-state index contributed by atoms with van der Waals surface area (Å²) in [5.74, 6) is 0.120. The molecule has 3 N–H and O–H groups in total. The van der Waals surface area contributed by atoms with Crippen LogP contribution < -0.4 is 10.6 Å². The van der Waals surface area contributed by atoms with Gasteiger partial charge in [0.05, 0.1) is 12.2 Å². The molecule has 1 saturated heterocycles. The number of anilines is 1. The Hall–Kier alpha value is -1.27. The Labute approximate surface area is 121 Å². The summed E-state index contributed by atoms with van der Waals surface area (Å²) in [4.78, 5) is 2.21. The summed E-state index contributed by atoms with van der Waals surface area (Å²) < 4.78 is 6.69. The van der Waals surface area contributed by atoms with Crippen molar-refractivity contribution in [2.45, 2.75) is 26.1 Å². The summed E-state index contributed by atoms with van der Waals surface area (Å²) >= 11 is 3.46. The Morgan fingerprint density at radius 2 is 2.05 bits per heavy atom. The summed E-state index contributed by atoms with van der Waals surface area (Å²) in [7, 11) is 0. The number of halogens is 1. The average molecular weight is 328 g/mol. The van der Waals surface area contributed by atoms with Crippen LogP contribution in [0.2, 0.25) is 0 Å². The molecule has 0 aliphatic carbocycles. The van der Waals surface area contributed by atoms with Crippen molar-refractivity contribution in [3.8, 4) is 0 Å². The van der Waals surface area contributed by atoms with Crippen LogP contribution in [0.4, 0.5) is 5.69 Å². The number of morpholine rings is 1. The predicted molar refractivity (Wildman–Crippen MR) is 78.9 cm³/mol. The maximum atomic E-state index is 8.89. The van der Waals surface area contributed by atoms with E-state index in [4.69, 9.17) is 15.7 Å². The van der Waals surface area contributed by atoms with Gasteiger partial charge < -0.3 is 20.6 Å². The van der Waals surface area contributed by atoms with Crippen molar-refractivity contribution in [3.63, 3.8) is 0 Å². The third kappa shape index (κ3) is 3.19. The highest BCUT2D eigenvalue weighted by atomic mass is 79.9. The molecule has 0 unspecified atom stereocenters. The lowest BCUT2D eigenvalue weighted by molar-refractivity contribution is -0.00522.